The molecule has 1 fully saturated rings. The van der Waals surface area contributed by atoms with Crippen LogP contribution in [0.15, 0.2) is 53.4 Å². The van der Waals surface area contributed by atoms with Gasteiger partial charge in [0, 0.05) is 38.3 Å². The Morgan fingerprint density at radius 3 is 2.33 bits per heavy atom. The minimum atomic E-state index is -3.76. The normalized spacial score (nSPS) is 15.5. The molecular formula is C19H17Cl2N3O5S. The van der Waals surface area contributed by atoms with Crippen LogP contribution in [0.1, 0.15) is 5.56 Å². The summed E-state index contributed by atoms with van der Waals surface area (Å²) in [6, 6.07) is 10.2. The zero-order valence-corrected chi connectivity index (χ0v) is 17.9. The zero-order valence-electron chi connectivity index (χ0n) is 15.6. The number of nitro benzene ring substituents is 1. The van der Waals surface area contributed by atoms with Gasteiger partial charge in [-0.3, -0.25) is 14.9 Å². The number of carbonyl (C=O) groups excluding carboxylic acids is 1. The first kappa shape index (κ1) is 22.2. The van der Waals surface area contributed by atoms with Gasteiger partial charge in [-0.2, -0.15) is 4.31 Å². The van der Waals surface area contributed by atoms with Crippen LogP contribution < -0.4 is 0 Å². The fraction of sp³-hybridized carbons (Fsp3) is 0.211. The number of carbonyl (C=O) groups is 1. The highest BCUT2D eigenvalue weighted by molar-refractivity contribution is 7.89. The first-order valence-corrected chi connectivity index (χ1v) is 11.1. The summed E-state index contributed by atoms with van der Waals surface area (Å²) in [6.07, 6.45) is 2.64. The van der Waals surface area contributed by atoms with E-state index >= 15 is 0 Å². The Hall–Kier alpha value is -2.46. The molecule has 2 aromatic carbocycles. The SMILES string of the molecule is O=C(/C=C/c1ccccc1[N+](=O)[O-])N1CCN(S(=O)(=O)c2ccc(Cl)c(Cl)c2)CC1. The molecule has 3 rings (SSSR count). The fourth-order valence-corrected chi connectivity index (χ4v) is 4.81. The minimum absolute atomic E-state index is 0.0351. The Morgan fingerprint density at radius 2 is 1.70 bits per heavy atom. The van der Waals surface area contributed by atoms with E-state index < -0.39 is 14.9 Å². The number of piperazine rings is 1. The lowest BCUT2D eigenvalue weighted by Gasteiger charge is -2.33. The molecule has 1 amide bonds. The third kappa shape index (κ3) is 4.81. The van der Waals surface area contributed by atoms with Gasteiger partial charge in [-0.1, -0.05) is 35.3 Å². The number of benzene rings is 2. The number of sulfonamides is 1. The second-order valence-electron chi connectivity index (χ2n) is 6.45. The van der Waals surface area contributed by atoms with E-state index in [0.717, 1.165) is 0 Å². The molecule has 1 aliphatic rings. The number of halogens is 2. The Morgan fingerprint density at radius 1 is 1.03 bits per heavy atom. The molecular weight excluding hydrogens is 453 g/mol. The van der Waals surface area contributed by atoms with Gasteiger partial charge in [0.1, 0.15) is 0 Å². The van der Waals surface area contributed by atoms with E-state index in [1.165, 1.54) is 45.6 Å². The molecule has 0 bridgehead atoms. The Kier molecular flexibility index (Phi) is 6.77. The first-order valence-electron chi connectivity index (χ1n) is 8.86. The van der Waals surface area contributed by atoms with Gasteiger partial charge in [0.05, 0.1) is 25.4 Å². The molecule has 8 nitrogen and oxygen atoms in total. The van der Waals surface area contributed by atoms with Crippen LogP contribution in [0.25, 0.3) is 6.08 Å². The lowest BCUT2D eigenvalue weighted by molar-refractivity contribution is -0.385. The van der Waals surface area contributed by atoms with Crippen molar-refractivity contribution < 1.29 is 18.1 Å². The first-order chi connectivity index (χ1) is 14.2. The molecule has 0 saturated carbocycles. The van der Waals surface area contributed by atoms with E-state index in [1.807, 2.05) is 0 Å². The van der Waals surface area contributed by atoms with E-state index in [4.69, 9.17) is 23.2 Å². The maximum absolute atomic E-state index is 12.8. The number of rotatable bonds is 5. The van der Waals surface area contributed by atoms with Gasteiger partial charge < -0.3 is 4.90 Å². The molecule has 0 atom stereocenters. The molecule has 11 heteroatoms. The van der Waals surface area contributed by atoms with Crippen molar-refractivity contribution >= 4 is 50.9 Å². The van der Waals surface area contributed by atoms with Crippen LogP contribution in [0.2, 0.25) is 10.0 Å². The van der Waals surface area contributed by atoms with Crippen molar-refractivity contribution in [3.63, 3.8) is 0 Å². The quantitative estimate of drug-likeness (QED) is 0.379. The summed E-state index contributed by atoms with van der Waals surface area (Å²) >= 11 is 11.8. The van der Waals surface area contributed by atoms with E-state index in [0.29, 0.717) is 5.56 Å². The van der Waals surface area contributed by atoms with Crippen molar-refractivity contribution in [3.8, 4) is 0 Å². The number of para-hydroxylation sites is 1. The Balaban J connectivity index is 1.66. The fourth-order valence-electron chi connectivity index (χ4n) is 3.00. The van der Waals surface area contributed by atoms with Gasteiger partial charge in [-0.25, -0.2) is 8.42 Å². The maximum atomic E-state index is 12.8. The predicted molar refractivity (Wildman–Crippen MR) is 114 cm³/mol. The number of amides is 1. The molecule has 0 radical (unpaired) electrons. The second-order valence-corrected chi connectivity index (χ2v) is 9.21. The summed E-state index contributed by atoms with van der Waals surface area (Å²) in [5, 5.41) is 11.5. The summed E-state index contributed by atoms with van der Waals surface area (Å²) in [4.78, 5) is 24.5. The molecule has 0 aliphatic carbocycles. The van der Waals surface area contributed by atoms with Crippen LogP contribution >= 0.6 is 23.2 Å². The van der Waals surface area contributed by atoms with Crippen LogP contribution in [0.4, 0.5) is 5.69 Å². The van der Waals surface area contributed by atoms with Gasteiger partial charge >= 0.3 is 0 Å². The number of nitrogens with zero attached hydrogens (tertiary/aromatic N) is 3. The summed E-state index contributed by atoms with van der Waals surface area (Å²) in [6.45, 7) is 0.627. The molecule has 0 N–H and O–H groups in total. The topological polar surface area (TPSA) is 101 Å². The third-order valence-electron chi connectivity index (χ3n) is 4.62. The van der Waals surface area contributed by atoms with Crippen molar-refractivity contribution in [2.24, 2.45) is 0 Å². The van der Waals surface area contributed by atoms with Crippen molar-refractivity contribution in [3.05, 3.63) is 74.3 Å². The van der Waals surface area contributed by atoms with Crippen LogP contribution in [-0.4, -0.2) is 54.6 Å². The predicted octanol–water partition coefficient (Wildman–Crippen LogP) is 3.45. The average Bonchev–Trinajstić information content (AvgIpc) is 2.74. The van der Waals surface area contributed by atoms with E-state index in [-0.39, 0.29) is 52.7 Å². The van der Waals surface area contributed by atoms with Crippen LogP contribution in [0, 0.1) is 10.1 Å². The molecule has 1 heterocycles. The maximum Gasteiger partial charge on any atom is 0.276 e. The molecule has 158 valence electrons. The molecule has 30 heavy (non-hydrogen) atoms. The van der Waals surface area contributed by atoms with Crippen molar-refractivity contribution in [1.29, 1.82) is 0 Å². The number of hydrogen-bond donors (Lipinski definition) is 0. The highest BCUT2D eigenvalue weighted by Gasteiger charge is 2.30. The van der Waals surface area contributed by atoms with Gasteiger partial charge in [-0.15, -0.1) is 0 Å². The molecule has 0 unspecified atom stereocenters. The summed E-state index contributed by atoms with van der Waals surface area (Å²) in [5.41, 5.74) is 0.218. The summed E-state index contributed by atoms with van der Waals surface area (Å²) < 4.78 is 26.8. The van der Waals surface area contributed by atoms with Gasteiger partial charge in [-0.05, 0) is 30.3 Å². The molecule has 2 aromatic rings. The van der Waals surface area contributed by atoms with Crippen molar-refractivity contribution in [2.75, 3.05) is 26.2 Å². The standard InChI is InChI=1S/C19H17Cl2N3O5S/c20-16-7-6-15(13-17(16)21)30(28,29)23-11-9-22(10-12-23)19(25)8-5-14-3-1-2-4-18(14)24(26)27/h1-8,13H,9-12H2/b8-5+. The third-order valence-corrected chi connectivity index (χ3v) is 7.25. The minimum Gasteiger partial charge on any atom is -0.337 e. The highest BCUT2D eigenvalue weighted by atomic mass is 35.5. The molecule has 1 aliphatic heterocycles. The van der Waals surface area contributed by atoms with E-state index in [9.17, 15) is 23.3 Å². The lowest BCUT2D eigenvalue weighted by atomic mass is 10.1. The largest absolute Gasteiger partial charge is 0.337 e. The van der Waals surface area contributed by atoms with Crippen LogP contribution in [0.5, 0.6) is 0 Å². The zero-order chi connectivity index (χ0) is 21.9. The lowest BCUT2D eigenvalue weighted by Crippen LogP contribution is -2.50. The van der Waals surface area contributed by atoms with Crippen LogP contribution in [0.3, 0.4) is 0 Å². The van der Waals surface area contributed by atoms with Crippen LogP contribution in [-0.2, 0) is 14.8 Å². The van der Waals surface area contributed by atoms with Gasteiger partial charge in [0.25, 0.3) is 5.69 Å². The smallest absolute Gasteiger partial charge is 0.276 e. The molecule has 0 aromatic heterocycles. The van der Waals surface area contributed by atoms with Crippen molar-refractivity contribution in [1.82, 2.24) is 9.21 Å². The summed E-state index contributed by atoms with van der Waals surface area (Å²) in [5.74, 6) is -0.347. The Bertz CT molecular complexity index is 1110. The number of hydrogen-bond acceptors (Lipinski definition) is 5. The van der Waals surface area contributed by atoms with E-state index in [2.05, 4.69) is 0 Å². The van der Waals surface area contributed by atoms with E-state index in [1.54, 1.807) is 18.2 Å². The molecule has 0 spiro atoms. The van der Waals surface area contributed by atoms with Gasteiger partial charge in [0.2, 0.25) is 15.9 Å². The average molecular weight is 470 g/mol. The second kappa shape index (κ2) is 9.13. The molecule has 1 saturated heterocycles. The summed E-state index contributed by atoms with van der Waals surface area (Å²) in [7, 11) is -3.76. The highest BCUT2D eigenvalue weighted by Crippen LogP contribution is 2.27. The number of nitro groups is 1. The van der Waals surface area contributed by atoms with Gasteiger partial charge in [0.15, 0.2) is 0 Å². The Labute approximate surface area is 183 Å². The van der Waals surface area contributed by atoms with Crippen molar-refractivity contribution in [2.45, 2.75) is 4.90 Å². The monoisotopic (exact) mass is 469 g/mol.